The molecular weight excluding hydrogens is 200 g/mol. The Kier molecular flexibility index (Phi) is 3.65. The maximum atomic E-state index is 11.3. The summed E-state index contributed by atoms with van der Waals surface area (Å²) in [5.74, 6) is -1.57. The van der Waals surface area contributed by atoms with E-state index in [1.807, 2.05) is 0 Å². The molecule has 2 N–H and O–H groups in total. The Balaban J connectivity index is 2.35. The molecule has 0 radical (unpaired) electrons. The summed E-state index contributed by atoms with van der Waals surface area (Å²) in [6.45, 7) is 1.91. The van der Waals surface area contributed by atoms with Crippen LogP contribution >= 0.6 is 0 Å². The standard InChI is InChI=1S/C9H14N2O4/c1-6(9(14)15)10-7(12)5-11-4-2-3-8(11)13/h6H,2-5H2,1H3,(H,10,12)(H,14,15). The maximum Gasteiger partial charge on any atom is 0.325 e. The van der Waals surface area contributed by atoms with Crippen molar-refractivity contribution in [3.05, 3.63) is 0 Å². The van der Waals surface area contributed by atoms with Gasteiger partial charge < -0.3 is 15.3 Å². The molecule has 84 valence electrons. The first-order valence-electron chi connectivity index (χ1n) is 4.80. The van der Waals surface area contributed by atoms with Gasteiger partial charge in [-0.2, -0.15) is 0 Å². The van der Waals surface area contributed by atoms with Crippen LogP contribution in [0.5, 0.6) is 0 Å². The molecule has 6 nitrogen and oxygen atoms in total. The molecular formula is C9H14N2O4. The number of aliphatic carboxylic acids is 1. The third-order valence-corrected chi connectivity index (χ3v) is 2.25. The molecule has 6 heteroatoms. The van der Waals surface area contributed by atoms with Crippen LogP contribution in [0.4, 0.5) is 0 Å². The van der Waals surface area contributed by atoms with Gasteiger partial charge in [0, 0.05) is 13.0 Å². The minimum atomic E-state index is -1.09. The zero-order chi connectivity index (χ0) is 11.4. The SMILES string of the molecule is CC(NC(=O)CN1CCCC1=O)C(=O)O. The first-order chi connectivity index (χ1) is 7.00. The Morgan fingerprint density at radius 1 is 1.60 bits per heavy atom. The normalized spacial score (nSPS) is 17.7. The number of hydrogen-bond acceptors (Lipinski definition) is 3. The van der Waals surface area contributed by atoms with Gasteiger partial charge >= 0.3 is 5.97 Å². The molecule has 15 heavy (non-hydrogen) atoms. The van der Waals surface area contributed by atoms with Gasteiger partial charge in [-0.1, -0.05) is 0 Å². The zero-order valence-corrected chi connectivity index (χ0v) is 8.52. The van der Waals surface area contributed by atoms with Crippen molar-refractivity contribution < 1.29 is 19.5 Å². The smallest absolute Gasteiger partial charge is 0.325 e. The third kappa shape index (κ3) is 3.23. The van der Waals surface area contributed by atoms with Crippen molar-refractivity contribution >= 4 is 17.8 Å². The molecule has 0 bridgehead atoms. The van der Waals surface area contributed by atoms with Crippen LogP contribution in [-0.2, 0) is 14.4 Å². The molecule has 1 aliphatic rings. The minimum Gasteiger partial charge on any atom is -0.480 e. The summed E-state index contributed by atoms with van der Waals surface area (Å²) in [5, 5.41) is 10.8. The number of carboxylic acids is 1. The fraction of sp³-hybridized carbons (Fsp3) is 0.667. The van der Waals surface area contributed by atoms with Crippen LogP contribution in [0.2, 0.25) is 0 Å². The molecule has 2 amide bonds. The second kappa shape index (κ2) is 4.77. The van der Waals surface area contributed by atoms with E-state index in [2.05, 4.69) is 5.32 Å². The van der Waals surface area contributed by atoms with Crippen LogP contribution in [0.15, 0.2) is 0 Å². The molecule has 1 aliphatic heterocycles. The van der Waals surface area contributed by atoms with Crippen LogP contribution in [0, 0.1) is 0 Å². The average molecular weight is 214 g/mol. The van der Waals surface area contributed by atoms with Gasteiger partial charge in [0.25, 0.3) is 0 Å². The largest absolute Gasteiger partial charge is 0.480 e. The summed E-state index contributed by atoms with van der Waals surface area (Å²) >= 11 is 0. The van der Waals surface area contributed by atoms with E-state index in [1.54, 1.807) is 0 Å². The molecule has 1 fully saturated rings. The predicted octanol–water partition coefficient (Wildman–Crippen LogP) is -0.802. The number of amides is 2. The summed E-state index contributed by atoms with van der Waals surface area (Å²) < 4.78 is 0. The lowest BCUT2D eigenvalue weighted by molar-refractivity contribution is -0.141. The predicted molar refractivity (Wildman–Crippen MR) is 51.1 cm³/mol. The summed E-state index contributed by atoms with van der Waals surface area (Å²) in [5.41, 5.74) is 0. The molecule has 1 heterocycles. The number of carbonyl (C=O) groups excluding carboxylic acids is 2. The Bertz CT molecular complexity index is 290. The number of hydrogen-bond donors (Lipinski definition) is 2. The van der Waals surface area contributed by atoms with E-state index >= 15 is 0 Å². The summed E-state index contributed by atoms with van der Waals surface area (Å²) in [7, 11) is 0. The van der Waals surface area contributed by atoms with Crippen molar-refractivity contribution in [3.63, 3.8) is 0 Å². The van der Waals surface area contributed by atoms with Gasteiger partial charge in [-0.05, 0) is 13.3 Å². The van der Waals surface area contributed by atoms with Gasteiger partial charge in [0.05, 0.1) is 6.54 Å². The van der Waals surface area contributed by atoms with Crippen LogP contribution in [0.1, 0.15) is 19.8 Å². The van der Waals surface area contributed by atoms with E-state index in [4.69, 9.17) is 5.11 Å². The lowest BCUT2D eigenvalue weighted by atomic mass is 10.3. The van der Waals surface area contributed by atoms with Crippen LogP contribution in [0.3, 0.4) is 0 Å². The summed E-state index contributed by atoms with van der Waals surface area (Å²) in [6, 6.07) is -0.921. The molecule has 1 unspecified atom stereocenters. The number of carbonyl (C=O) groups is 3. The highest BCUT2D eigenvalue weighted by molar-refractivity contribution is 5.88. The van der Waals surface area contributed by atoms with E-state index in [0.29, 0.717) is 13.0 Å². The Hall–Kier alpha value is -1.59. The van der Waals surface area contributed by atoms with Gasteiger partial charge in [0.2, 0.25) is 11.8 Å². The zero-order valence-electron chi connectivity index (χ0n) is 8.52. The second-order valence-corrected chi connectivity index (χ2v) is 3.55. The number of nitrogens with one attached hydrogen (secondary N) is 1. The van der Waals surface area contributed by atoms with E-state index < -0.39 is 17.9 Å². The van der Waals surface area contributed by atoms with E-state index in [1.165, 1.54) is 11.8 Å². The monoisotopic (exact) mass is 214 g/mol. The van der Waals surface area contributed by atoms with Gasteiger partial charge in [0.1, 0.15) is 6.04 Å². The van der Waals surface area contributed by atoms with Crippen molar-refractivity contribution in [1.82, 2.24) is 10.2 Å². The third-order valence-electron chi connectivity index (χ3n) is 2.25. The molecule has 0 aliphatic carbocycles. The van der Waals surface area contributed by atoms with Crippen molar-refractivity contribution in [3.8, 4) is 0 Å². The highest BCUT2D eigenvalue weighted by Crippen LogP contribution is 2.08. The molecule has 0 saturated carbocycles. The molecule has 1 rings (SSSR count). The first-order valence-corrected chi connectivity index (χ1v) is 4.80. The van der Waals surface area contributed by atoms with Gasteiger partial charge in [-0.25, -0.2) is 0 Å². The van der Waals surface area contributed by atoms with E-state index in [0.717, 1.165) is 6.42 Å². The van der Waals surface area contributed by atoms with Crippen LogP contribution < -0.4 is 5.32 Å². The summed E-state index contributed by atoms with van der Waals surface area (Å²) in [6.07, 6.45) is 1.24. The van der Waals surface area contributed by atoms with Crippen LogP contribution in [0.25, 0.3) is 0 Å². The lowest BCUT2D eigenvalue weighted by Gasteiger charge is -2.16. The lowest BCUT2D eigenvalue weighted by Crippen LogP contribution is -2.44. The van der Waals surface area contributed by atoms with Gasteiger partial charge in [-0.15, -0.1) is 0 Å². The Morgan fingerprint density at radius 2 is 2.27 bits per heavy atom. The molecule has 1 saturated heterocycles. The quantitative estimate of drug-likeness (QED) is 0.641. The topological polar surface area (TPSA) is 86.7 Å². The first kappa shape index (κ1) is 11.5. The maximum absolute atomic E-state index is 11.3. The number of carboxylic acid groups (broad SMARTS) is 1. The van der Waals surface area contributed by atoms with E-state index in [9.17, 15) is 14.4 Å². The highest BCUT2D eigenvalue weighted by Gasteiger charge is 2.23. The van der Waals surface area contributed by atoms with Crippen LogP contribution in [-0.4, -0.2) is 46.9 Å². The van der Waals surface area contributed by atoms with E-state index in [-0.39, 0.29) is 12.5 Å². The molecule has 0 spiro atoms. The Morgan fingerprint density at radius 3 is 2.73 bits per heavy atom. The van der Waals surface area contributed by atoms with Crippen molar-refractivity contribution in [2.75, 3.05) is 13.1 Å². The molecule has 1 atom stereocenters. The molecule has 0 aromatic carbocycles. The van der Waals surface area contributed by atoms with Crippen molar-refractivity contribution in [2.24, 2.45) is 0 Å². The minimum absolute atomic E-state index is 0.0452. The second-order valence-electron chi connectivity index (χ2n) is 3.55. The fourth-order valence-electron chi connectivity index (χ4n) is 1.39. The molecule has 0 aromatic rings. The van der Waals surface area contributed by atoms with Gasteiger partial charge in [0.15, 0.2) is 0 Å². The van der Waals surface area contributed by atoms with Gasteiger partial charge in [-0.3, -0.25) is 14.4 Å². The number of likely N-dealkylation sites (tertiary alicyclic amines) is 1. The number of rotatable bonds is 4. The van der Waals surface area contributed by atoms with Crippen molar-refractivity contribution in [1.29, 1.82) is 0 Å². The fourth-order valence-corrected chi connectivity index (χ4v) is 1.39. The Labute approximate surface area is 87.2 Å². The average Bonchev–Trinajstić information content (AvgIpc) is 2.51. The summed E-state index contributed by atoms with van der Waals surface area (Å²) in [4.78, 5) is 34.3. The number of nitrogens with zero attached hydrogens (tertiary/aromatic N) is 1. The highest BCUT2D eigenvalue weighted by atomic mass is 16.4. The van der Waals surface area contributed by atoms with Crippen molar-refractivity contribution in [2.45, 2.75) is 25.8 Å². The molecule has 0 aromatic heterocycles.